The van der Waals surface area contributed by atoms with Crippen molar-refractivity contribution in [1.29, 1.82) is 0 Å². The van der Waals surface area contributed by atoms with Crippen LogP contribution in [-0.4, -0.2) is 61.0 Å². The lowest BCUT2D eigenvalue weighted by atomic mass is 10.1. The number of carbonyl (C=O) groups excluding carboxylic acids is 2. The van der Waals surface area contributed by atoms with Crippen LogP contribution in [0.4, 0.5) is 9.59 Å². The van der Waals surface area contributed by atoms with Crippen molar-refractivity contribution in [3.63, 3.8) is 0 Å². The smallest absolute Gasteiger partial charge is 0.481 e. The van der Waals surface area contributed by atoms with Gasteiger partial charge in [-0.25, -0.2) is 9.59 Å². The van der Waals surface area contributed by atoms with Gasteiger partial charge in [-0.1, -0.05) is 6.07 Å². The zero-order chi connectivity index (χ0) is 21.2. The second-order valence-electron chi connectivity index (χ2n) is 6.29. The third-order valence-corrected chi connectivity index (χ3v) is 4.19. The van der Waals surface area contributed by atoms with Crippen LogP contribution < -0.4 is 9.47 Å². The van der Waals surface area contributed by atoms with Crippen molar-refractivity contribution in [3.05, 3.63) is 23.8 Å². The van der Waals surface area contributed by atoms with E-state index < -0.39 is 25.0 Å². The molecule has 1 aliphatic heterocycles. The van der Waals surface area contributed by atoms with Gasteiger partial charge >= 0.3 is 18.2 Å². The summed E-state index contributed by atoms with van der Waals surface area (Å²) in [6, 6.07) is 5.44. The summed E-state index contributed by atoms with van der Waals surface area (Å²) in [6.45, 7) is 3.62. The molecule has 0 bridgehead atoms. The molecule has 29 heavy (non-hydrogen) atoms. The molecule has 1 aromatic carbocycles. The molecule has 1 unspecified atom stereocenters. The van der Waals surface area contributed by atoms with E-state index in [4.69, 9.17) is 19.3 Å². The third kappa shape index (κ3) is 7.05. The number of rotatable bonds is 10. The van der Waals surface area contributed by atoms with E-state index >= 15 is 0 Å². The average Bonchev–Trinajstić information content (AvgIpc) is 3.13. The second kappa shape index (κ2) is 11.0. The molecule has 0 aliphatic carbocycles. The topological polar surface area (TPSA) is 121 Å². The number of carbonyl (C=O) groups is 3. The number of hydrogen-bond acceptors (Lipinski definition) is 8. The predicted octanol–water partition coefficient (Wildman–Crippen LogP) is 2.78. The SMILES string of the molecule is CCN(C(=O)OCOC(=O)OCCCC(=O)O)C(C)Cc1ccc2c(c1)OCO2. The van der Waals surface area contributed by atoms with Gasteiger partial charge < -0.3 is 33.7 Å². The highest BCUT2D eigenvalue weighted by Crippen LogP contribution is 2.33. The summed E-state index contributed by atoms with van der Waals surface area (Å²) in [4.78, 5) is 35.5. The summed E-state index contributed by atoms with van der Waals surface area (Å²) in [7, 11) is 0. The molecule has 2 rings (SSSR count). The number of carboxylic acid groups (broad SMARTS) is 1. The van der Waals surface area contributed by atoms with Gasteiger partial charge in [-0.3, -0.25) is 4.79 Å². The van der Waals surface area contributed by atoms with Gasteiger partial charge in [-0.15, -0.1) is 0 Å². The van der Waals surface area contributed by atoms with Crippen molar-refractivity contribution < 1.29 is 43.2 Å². The molecule has 1 heterocycles. The highest BCUT2D eigenvalue weighted by molar-refractivity contribution is 5.68. The molecule has 1 amide bonds. The van der Waals surface area contributed by atoms with E-state index in [0.29, 0.717) is 24.5 Å². The first-order valence-electron chi connectivity index (χ1n) is 9.24. The van der Waals surface area contributed by atoms with Crippen molar-refractivity contribution in [3.8, 4) is 11.5 Å². The number of ether oxygens (including phenoxy) is 5. The van der Waals surface area contributed by atoms with Crippen molar-refractivity contribution in [1.82, 2.24) is 4.90 Å². The lowest BCUT2D eigenvalue weighted by Crippen LogP contribution is -2.40. The van der Waals surface area contributed by atoms with E-state index in [9.17, 15) is 14.4 Å². The Hall–Kier alpha value is -3.17. The Morgan fingerprint density at radius 1 is 1.17 bits per heavy atom. The van der Waals surface area contributed by atoms with Gasteiger partial charge in [0.05, 0.1) is 6.61 Å². The molecule has 1 atom stereocenters. The Bertz CT molecular complexity index is 722. The molecule has 0 spiro atoms. The number of likely N-dealkylation sites (N-methyl/N-ethyl adjacent to an activating group) is 1. The molecule has 160 valence electrons. The number of carboxylic acids is 1. The number of aliphatic carboxylic acids is 1. The first-order chi connectivity index (χ1) is 13.9. The number of fused-ring (bicyclic) bond motifs is 1. The molecule has 10 nitrogen and oxygen atoms in total. The number of benzene rings is 1. The predicted molar refractivity (Wildman–Crippen MR) is 98.8 cm³/mol. The van der Waals surface area contributed by atoms with Crippen molar-refractivity contribution in [2.75, 3.05) is 26.7 Å². The number of hydrogen-bond donors (Lipinski definition) is 1. The van der Waals surface area contributed by atoms with E-state index in [2.05, 4.69) is 9.47 Å². The minimum absolute atomic E-state index is 0.0905. The number of amides is 1. The Morgan fingerprint density at radius 3 is 2.66 bits per heavy atom. The van der Waals surface area contributed by atoms with Crippen LogP contribution in [0.1, 0.15) is 32.3 Å². The molecular formula is C19H25NO9. The minimum atomic E-state index is -1.03. The molecular weight excluding hydrogens is 386 g/mol. The third-order valence-electron chi connectivity index (χ3n) is 4.19. The molecule has 0 saturated heterocycles. The maximum Gasteiger partial charge on any atom is 0.511 e. The summed E-state index contributed by atoms with van der Waals surface area (Å²) in [5.74, 6) is 0.390. The maximum absolute atomic E-state index is 12.3. The fraction of sp³-hybridized carbons (Fsp3) is 0.526. The standard InChI is InChI=1S/C19H25NO9/c1-3-20(13(2)9-14-6-7-15-16(10-14)27-11-26-15)18(23)28-12-29-19(24)25-8-4-5-17(21)22/h6-7,10,13H,3-5,8-9,11-12H2,1-2H3,(H,21,22). The highest BCUT2D eigenvalue weighted by Gasteiger charge is 2.22. The van der Waals surface area contributed by atoms with Crippen LogP contribution in [-0.2, 0) is 25.4 Å². The minimum Gasteiger partial charge on any atom is -0.481 e. The van der Waals surface area contributed by atoms with E-state index in [0.717, 1.165) is 5.56 Å². The fourth-order valence-electron chi connectivity index (χ4n) is 2.77. The van der Waals surface area contributed by atoms with Crippen LogP contribution in [0.2, 0.25) is 0 Å². The quantitative estimate of drug-likeness (QED) is 0.352. The average molecular weight is 411 g/mol. The van der Waals surface area contributed by atoms with Gasteiger partial charge in [-0.05, 0) is 44.4 Å². The van der Waals surface area contributed by atoms with Gasteiger partial charge in [0, 0.05) is 19.0 Å². The molecule has 10 heteroatoms. The molecule has 0 aromatic heterocycles. The van der Waals surface area contributed by atoms with Crippen LogP contribution in [0.3, 0.4) is 0 Å². The Morgan fingerprint density at radius 2 is 1.93 bits per heavy atom. The Labute approximate surface area is 168 Å². The van der Waals surface area contributed by atoms with E-state index in [-0.39, 0.29) is 32.3 Å². The van der Waals surface area contributed by atoms with Crippen LogP contribution in [0.15, 0.2) is 18.2 Å². The summed E-state index contributed by atoms with van der Waals surface area (Å²) in [5.41, 5.74) is 0.981. The summed E-state index contributed by atoms with van der Waals surface area (Å²) >= 11 is 0. The molecule has 1 aromatic rings. The van der Waals surface area contributed by atoms with Crippen molar-refractivity contribution in [2.45, 2.75) is 39.2 Å². The molecule has 1 N–H and O–H groups in total. The zero-order valence-corrected chi connectivity index (χ0v) is 16.4. The van der Waals surface area contributed by atoms with Crippen LogP contribution in [0.5, 0.6) is 11.5 Å². The van der Waals surface area contributed by atoms with E-state index in [1.165, 1.54) is 4.90 Å². The van der Waals surface area contributed by atoms with E-state index in [1.807, 2.05) is 32.0 Å². The lowest BCUT2D eigenvalue weighted by Gasteiger charge is -2.27. The summed E-state index contributed by atoms with van der Waals surface area (Å²) in [5, 5.41) is 8.49. The zero-order valence-electron chi connectivity index (χ0n) is 16.4. The first-order valence-corrected chi connectivity index (χ1v) is 9.24. The largest absolute Gasteiger partial charge is 0.511 e. The first kappa shape index (κ1) is 22.1. The Balaban J connectivity index is 1.73. The highest BCUT2D eigenvalue weighted by atomic mass is 16.8. The second-order valence-corrected chi connectivity index (χ2v) is 6.29. The number of nitrogens with zero attached hydrogens (tertiary/aromatic N) is 1. The normalized spacial score (nSPS) is 12.8. The maximum atomic E-state index is 12.3. The fourth-order valence-corrected chi connectivity index (χ4v) is 2.77. The summed E-state index contributed by atoms with van der Waals surface area (Å²) in [6.07, 6.45) is -1.02. The van der Waals surface area contributed by atoms with E-state index in [1.54, 1.807) is 0 Å². The van der Waals surface area contributed by atoms with Gasteiger partial charge in [-0.2, -0.15) is 0 Å². The Kier molecular flexibility index (Phi) is 8.38. The molecule has 0 fully saturated rings. The monoisotopic (exact) mass is 411 g/mol. The van der Waals surface area contributed by atoms with Crippen LogP contribution in [0.25, 0.3) is 0 Å². The van der Waals surface area contributed by atoms with Gasteiger partial charge in [0.25, 0.3) is 0 Å². The molecule has 0 radical (unpaired) electrons. The van der Waals surface area contributed by atoms with Gasteiger partial charge in [0.2, 0.25) is 13.6 Å². The lowest BCUT2D eigenvalue weighted by molar-refractivity contribution is -0.137. The summed E-state index contributed by atoms with van der Waals surface area (Å²) < 4.78 is 24.9. The van der Waals surface area contributed by atoms with Gasteiger partial charge in [0.15, 0.2) is 11.5 Å². The van der Waals surface area contributed by atoms with Crippen LogP contribution >= 0.6 is 0 Å². The van der Waals surface area contributed by atoms with Crippen molar-refractivity contribution >= 4 is 18.2 Å². The molecule has 1 aliphatic rings. The molecule has 0 saturated carbocycles. The van der Waals surface area contributed by atoms with Crippen molar-refractivity contribution in [2.24, 2.45) is 0 Å². The van der Waals surface area contributed by atoms with Crippen LogP contribution in [0, 0.1) is 0 Å². The van der Waals surface area contributed by atoms with Gasteiger partial charge in [0.1, 0.15) is 0 Å².